The molecule has 1 heterocycles. The SMILES string of the molecule is CCCN(CCC)C(=O)[C@@H]1OC(C(=O)O)=CC[C@@]1(N)NC(=O)C(F)(F)F. The fraction of sp³-hybridized carbons (Fsp3) is 0.667. The summed E-state index contributed by atoms with van der Waals surface area (Å²) in [4.78, 5) is 36.5. The second-order valence-electron chi connectivity index (χ2n) is 5.89. The highest BCUT2D eigenvalue weighted by Crippen LogP contribution is 2.27. The van der Waals surface area contributed by atoms with Gasteiger partial charge in [-0.3, -0.25) is 9.59 Å². The minimum absolute atomic E-state index is 0.280. The van der Waals surface area contributed by atoms with Crippen LogP contribution in [0.3, 0.4) is 0 Å². The van der Waals surface area contributed by atoms with Crippen LogP contribution in [0.2, 0.25) is 0 Å². The Labute approximate surface area is 148 Å². The first kappa shape index (κ1) is 21.7. The van der Waals surface area contributed by atoms with Crippen LogP contribution in [0.4, 0.5) is 13.2 Å². The number of hydrogen-bond donors (Lipinski definition) is 3. The number of aliphatic carboxylic acids is 1. The average molecular weight is 381 g/mol. The first-order chi connectivity index (χ1) is 12.0. The lowest BCUT2D eigenvalue weighted by Gasteiger charge is -2.41. The molecule has 26 heavy (non-hydrogen) atoms. The molecular formula is C15H22F3N3O5. The van der Waals surface area contributed by atoms with Crippen LogP contribution < -0.4 is 11.1 Å². The summed E-state index contributed by atoms with van der Waals surface area (Å²) in [7, 11) is 0. The van der Waals surface area contributed by atoms with E-state index in [0.29, 0.717) is 12.8 Å². The molecule has 0 radical (unpaired) electrons. The van der Waals surface area contributed by atoms with Gasteiger partial charge in [-0.25, -0.2) is 4.79 Å². The van der Waals surface area contributed by atoms with Crippen molar-refractivity contribution in [3.05, 3.63) is 11.8 Å². The number of carboxylic acid groups (broad SMARTS) is 1. The molecule has 1 rings (SSSR count). The molecule has 0 aromatic rings. The van der Waals surface area contributed by atoms with E-state index in [0.717, 1.165) is 6.08 Å². The van der Waals surface area contributed by atoms with Gasteiger partial charge in [0, 0.05) is 19.5 Å². The van der Waals surface area contributed by atoms with Gasteiger partial charge in [0.1, 0.15) is 5.66 Å². The summed E-state index contributed by atoms with van der Waals surface area (Å²) < 4.78 is 42.9. The van der Waals surface area contributed by atoms with Crippen LogP contribution in [-0.4, -0.2) is 58.8 Å². The Morgan fingerprint density at radius 2 is 1.88 bits per heavy atom. The fourth-order valence-corrected chi connectivity index (χ4v) is 2.49. The number of carboxylic acids is 1. The second kappa shape index (κ2) is 8.39. The molecule has 0 unspecified atom stereocenters. The molecule has 2 amide bonds. The van der Waals surface area contributed by atoms with E-state index in [9.17, 15) is 27.6 Å². The molecule has 0 fully saturated rings. The zero-order valence-electron chi connectivity index (χ0n) is 14.4. The Morgan fingerprint density at radius 3 is 2.31 bits per heavy atom. The van der Waals surface area contributed by atoms with E-state index in [1.807, 2.05) is 0 Å². The summed E-state index contributed by atoms with van der Waals surface area (Å²) in [6, 6.07) is 0. The third kappa shape index (κ3) is 5.10. The van der Waals surface area contributed by atoms with E-state index in [-0.39, 0.29) is 13.1 Å². The number of carbonyl (C=O) groups is 3. The van der Waals surface area contributed by atoms with Crippen LogP contribution in [0.25, 0.3) is 0 Å². The maximum Gasteiger partial charge on any atom is 0.471 e. The molecule has 8 nitrogen and oxygen atoms in total. The minimum Gasteiger partial charge on any atom is -0.475 e. The standard InChI is InChI=1S/C15H22F3N3O5/c1-3-7-21(8-4-2)11(22)10-14(19,20-13(25)15(16,17)18)6-5-9(26-10)12(23)24/h5,10H,3-4,6-8,19H2,1-2H3,(H,20,25)(H,23,24)/t10-,14+/m0/s1. The number of nitrogens with one attached hydrogen (secondary N) is 1. The topological polar surface area (TPSA) is 122 Å². The summed E-state index contributed by atoms with van der Waals surface area (Å²) in [5, 5.41) is 10.6. The molecular weight excluding hydrogens is 359 g/mol. The van der Waals surface area contributed by atoms with E-state index < -0.39 is 47.9 Å². The van der Waals surface area contributed by atoms with Gasteiger partial charge in [0.25, 0.3) is 5.91 Å². The largest absolute Gasteiger partial charge is 0.475 e. The molecule has 1 aliphatic rings. The molecule has 148 valence electrons. The van der Waals surface area contributed by atoms with Crippen molar-refractivity contribution in [3.63, 3.8) is 0 Å². The fourth-order valence-electron chi connectivity index (χ4n) is 2.49. The first-order valence-corrected chi connectivity index (χ1v) is 8.03. The third-order valence-corrected chi connectivity index (χ3v) is 3.68. The van der Waals surface area contributed by atoms with Crippen molar-refractivity contribution in [2.45, 2.75) is 51.1 Å². The lowest BCUT2D eigenvalue weighted by molar-refractivity contribution is -0.179. The number of nitrogens with two attached hydrogens (primary N) is 1. The molecule has 11 heteroatoms. The van der Waals surface area contributed by atoms with E-state index in [1.54, 1.807) is 19.2 Å². The van der Waals surface area contributed by atoms with Gasteiger partial charge >= 0.3 is 18.1 Å². The second-order valence-corrected chi connectivity index (χ2v) is 5.89. The summed E-state index contributed by atoms with van der Waals surface area (Å²) in [5.74, 6) is -5.24. The van der Waals surface area contributed by atoms with Crippen LogP contribution in [0, 0.1) is 0 Å². The lowest BCUT2D eigenvalue weighted by atomic mass is 9.94. The zero-order chi connectivity index (χ0) is 20.1. The number of nitrogens with zero attached hydrogens (tertiary/aromatic N) is 1. The molecule has 1 aliphatic heterocycles. The van der Waals surface area contributed by atoms with Gasteiger partial charge in [-0.2, -0.15) is 13.2 Å². The summed E-state index contributed by atoms with van der Waals surface area (Å²) in [5.41, 5.74) is 3.62. The Bertz CT molecular complexity index is 588. The minimum atomic E-state index is -5.22. The molecule has 0 spiro atoms. The third-order valence-electron chi connectivity index (χ3n) is 3.68. The molecule has 0 saturated heterocycles. The van der Waals surface area contributed by atoms with Gasteiger partial charge in [-0.05, 0) is 18.9 Å². The predicted octanol–water partition coefficient (Wildman–Crippen LogP) is 0.726. The van der Waals surface area contributed by atoms with Crippen LogP contribution in [-0.2, 0) is 19.1 Å². The monoisotopic (exact) mass is 381 g/mol. The Kier molecular flexibility index (Phi) is 7.01. The molecule has 0 aromatic heterocycles. The average Bonchev–Trinajstić information content (AvgIpc) is 2.53. The summed E-state index contributed by atoms with van der Waals surface area (Å²) in [6.45, 7) is 4.15. The Hall–Kier alpha value is -2.30. The first-order valence-electron chi connectivity index (χ1n) is 8.03. The highest BCUT2D eigenvalue weighted by Gasteiger charge is 2.51. The van der Waals surface area contributed by atoms with E-state index in [2.05, 4.69) is 0 Å². The van der Waals surface area contributed by atoms with Crippen molar-refractivity contribution in [1.29, 1.82) is 0 Å². The van der Waals surface area contributed by atoms with Crippen LogP contribution >= 0.6 is 0 Å². The van der Waals surface area contributed by atoms with Crippen molar-refractivity contribution in [2.75, 3.05) is 13.1 Å². The Morgan fingerprint density at radius 1 is 1.35 bits per heavy atom. The van der Waals surface area contributed by atoms with E-state index >= 15 is 0 Å². The highest BCUT2D eigenvalue weighted by atomic mass is 19.4. The van der Waals surface area contributed by atoms with Gasteiger partial charge in [-0.15, -0.1) is 0 Å². The van der Waals surface area contributed by atoms with Crippen molar-refractivity contribution in [2.24, 2.45) is 5.73 Å². The number of ether oxygens (including phenoxy) is 1. The maximum absolute atomic E-state index is 12.8. The summed E-state index contributed by atoms with van der Waals surface area (Å²) >= 11 is 0. The zero-order valence-corrected chi connectivity index (χ0v) is 14.4. The van der Waals surface area contributed by atoms with Crippen LogP contribution in [0.15, 0.2) is 11.8 Å². The van der Waals surface area contributed by atoms with Gasteiger partial charge in [0.05, 0.1) is 0 Å². The van der Waals surface area contributed by atoms with Gasteiger partial charge in [0.15, 0.2) is 0 Å². The summed E-state index contributed by atoms with van der Waals surface area (Å²) in [6.07, 6.45) is -5.49. The number of carbonyl (C=O) groups excluding carboxylic acids is 2. The Balaban J connectivity index is 3.21. The van der Waals surface area contributed by atoms with Crippen molar-refractivity contribution >= 4 is 17.8 Å². The number of hydrogen-bond acceptors (Lipinski definition) is 5. The molecule has 2 atom stereocenters. The maximum atomic E-state index is 12.8. The quantitative estimate of drug-likeness (QED) is 0.559. The number of rotatable bonds is 7. The lowest BCUT2D eigenvalue weighted by Crippen LogP contribution is -2.70. The van der Waals surface area contributed by atoms with Crippen molar-refractivity contribution in [3.8, 4) is 0 Å². The molecule has 4 N–H and O–H groups in total. The predicted molar refractivity (Wildman–Crippen MR) is 83.5 cm³/mol. The molecule has 0 saturated carbocycles. The smallest absolute Gasteiger partial charge is 0.471 e. The molecule has 0 bridgehead atoms. The van der Waals surface area contributed by atoms with Gasteiger partial charge in [0.2, 0.25) is 11.9 Å². The van der Waals surface area contributed by atoms with Crippen molar-refractivity contribution in [1.82, 2.24) is 10.2 Å². The molecule has 0 aliphatic carbocycles. The van der Waals surface area contributed by atoms with E-state index in [4.69, 9.17) is 15.6 Å². The highest BCUT2D eigenvalue weighted by molar-refractivity contribution is 5.89. The van der Waals surface area contributed by atoms with Gasteiger partial charge < -0.3 is 25.8 Å². The number of halogens is 3. The van der Waals surface area contributed by atoms with E-state index in [1.165, 1.54) is 4.90 Å². The number of alkyl halides is 3. The van der Waals surface area contributed by atoms with Gasteiger partial charge in [-0.1, -0.05) is 13.8 Å². The van der Waals surface area contributed by atoms with Crippen molar-refractivity contribution < 1.29 is 37.4 Å². The van der Waals surface area contributed by atoms with Crippen LogP contribution in [0.5, 0.6) is 0 Å². The number of amides is 2. The normalized spacial score (nSPS) is 22.8. The van der Waals surface area contributed by atoms with Crippen LogP contribution in [0.1, 0.15) is 33.1 Å². The molecule has 0 aromatic carbocycles.